The standard InChI is InChI=1S/C31H30F3N3O2/c32-31(33,34)23-12-10-21(11-13-23)26-8-3-1-2-4-9-27(26)30(39)36-25-14-15-28-22(19-25)16-18-37(28)29(38)20-24-7-5-6-17-35-24/h5-7,10-15,17,19H,1-4,8-9,16,18,20H2,(H,36,39)/b27-26-. The van der Waals surface area contributed by atoms with Crippen LogP contribution in [0.2, 0.25) is 0 Å². The topological polar surface area (TPSA) is 62.3 Å². The number of nitrogens with zero attached hydrogens (tertiary/aromatic N) is 2. The van der Waals surface area contributed by atoms with E-state index in [1.807, 2.05) is 30.3 Å². The zero-order valence-corrected chi connectivity index (χ0v) is 21.6. The van der Waals surface area contributed by atoms with Crippen molar-refractivity contribution in [3.63, 3.8) is 0 Å². The van der Waals surface area contributed by atoms with Gasteiger partial charge < -0.3 is 10.2 Å². The number of anilines is 2. The quantitative estimate of drug-likeness (QED) is 0.385. The zero-order valence-electron chi connectivity index (χ0n) is 21.6. The third-order valence-corrected chi connectivity index (χ3v) is 7.40. The van der Waals surface area contributed by atoms with Gasteiger partial charge in [0.1, 0.15) is 0 Å². The van der Waals surface area contributed by atoms with Crippen molar-refractivity contribution >= 4 is 28.8 Å². The molecule has 0 fully saturated rings. The molecule has 5 rings (SSSR count). The molecular formula is C31H30F3N3O2. The number of fused-ring (bicyclic) bond motifs is 1. The molecule has 5 nitrogen and oxygen atoms in total. The van der Waals surface area contributed by atoms with Crippen LogP contribution in [-0.2, 0) is 28.6 Å². The Kier molecular flexibility index (Phi) is 7.82. The summed E-state index contributed by atoms with van der Waals surface area (Å²) in [5, 5.41) is 3.02. The van der Waals surface area contributed by atoms with Crippen LogP contribution in [0, 0.1) is 0 Å². The number of hydrogen-bond acceptors (Lipinski definition) is 3. The summed E-state index contributed by atoms with van der Waals surface area (Å²) >= 11 is 0. The second-order valence-corrected chi connectivity index (χ2v) is 10.0. The third-order valence-electron chi connectivity index (χ3n) is 7.40. The van der Waals surface area contributed by atoms with Crippen molar-refractivity contribution in [2.45, 2.75) is 57.5 Å². The molecule has 202 valence electrons. The Bertz CT molecular complexity index is 1380. The van der Waals surface area contributed by atoms with Crippen LogP contribution in [0.25, 0.3) is 5.57 Å². The number of aromatic nitrogens is 1. The van der Waals surface area contributed by atoms with E-state index in [1.165, 1.54) is 12.1 Å². The Morgan fingerprint density at radius 3 is 2.38 bits per heavy atom. The maximum Gasteiger partial charge on any atom is 0.416 e. The highest BCUT2D eigenvalue weighted by molar-refractivity contribution is 6.09. The van der Waals surface area contributed by atoms with Crippen molar-refractivity contribution in [2.75, 3.05) is 16.8 Å². The van der Waals surface area contributed by atoms with Gasteiger partial charge in [-0.25, -0.2) is 0 Å². The maximum absolute atomic E-state index is 13.5. The van der Waals surface area contributed by atoms with Crippen LogP contribution in [0.15, 0.2) is 72.4 Å². The first-order valence-electron chi connectivity index (χ1n) is 13.3. The van der Waals surface area contributed by atoms with Crippen molar-refractivity contribution in [3.05, 3.63) is 94.8 Å². The number of carbonyl (C=O) groups excluding carboxylic acids is 2. The van der Waals surface area contributed by atoms with E-state index in [0.717, 1.165) is 60.3 Å². The molecule has 0 spiro atoms. The number of allylic oxidation sites excluding steroid dienone is 1. The molecule has 1 aliphatic carbocycles. The van der Waals surface area contributed by atoms with Gasteiger partial charge >= 0.3 is 6.18 Å². The summed E-state index contributed by atoms with van der Waals surface area (Å²) in [5.74, 6) is -0.252. The lowest BCUT2D eigenvalue weighted by Gasteiger charge is -2.20. The summed E-state index contributed by atoms with van der Waals surface area (Å²) in [6.45, 7) is 0.571. The predicted octanol–water partition coefficient (Wildman–Crippen LogP) is 6.98. The van der Waals surface area contributed by atoms with Crippen LogP contribution < -0.4 is 10.2 Å². The SMILES string of the molecule is O=C(Nc1ccc2c(c1)CCN2C(=O)Cc1ccccn1)/C1=C(\c2ccc(C(F)(F)F)cc2)CCCCCC1. The van der Waals surface area contributed by atoms with E-state index >= 15 is 0 Å². The van der Waals surface area contributed by atoms with Crippen molar-refractivity contribution < 1.29 is 22.8 Å². The highest BCUT2D eigenvalue weighted by Gasteiger charge is 2.30. The highest BCUT2D eigenvalue weighted by atomic mass is 19.4. The fourth-order valence-corrected chi connectivity index (χ4v) is 5.39. The summed E-state index contributed by atoms with van der Waals surface area (Å²) in [7, 11) is 0. The number of nitrogens with one attached hydrogen (secondary N) is 1. The lowest BCUT2D eigenvalue weighted by molar-refractivity contribution is -0.137. The number of carbonyl (C=O) groups is 2. The van der Waals surface area contributed by atoms with Crippen molar-refractivity contribution in [2.24, 2.45) is 0 Å². The van der Waals surface area contributed by atoms with E-state index in [9.17, 15) is 22.8 Å². The number of hydrogen-bond donors (Lipinski definition) is 1. The highest BCUT2D eigenvalue weighted by Crippen LogP contribution is 2.35. The molecule has 39 heavy (non-hydrogen) atoms. The number of rotatable bonds is 5. The summed E-state index contributed by atoms with van der Waals surface area (Å²) in [5.41, 5.74) is 4.58. The van der Waals surface area contributed by atoms with Gasteiger partial charge in [-0.05, 0) is 91.3 Å². The number of halogens is 3. The number of amides is 2. The Balaban J connectivity index is 1.35. The minimum Gasteiger partial charge on any atom is -0.322 e. The molecule has 2 aromatic carbocycles. The van der Waals surface area contributed by atoms with E-state index in [0.29, 0.717) is 42.6 Å². The van der Waals surface area contributed by atoms with Crippen LogP contribution in [0.5, 0.6) is 0 Å². The molecule has 2 aliphatic rings. The van der Waals surface area contributed by atoms with Gasteiger partial charge in [-0.15, -0.1) is 0 Å². The first-order valence-corrected chi connectivity index (χ1v) is 13.3. The first kappa shape index (κ1) is 26.7. The van der Waals surface area contributed by atoms with Gasteiger partial charge in [0.25, 0.3) is 5.91 Å². The molecule has 3 aromatic rings. The van der Waals surface area contributed by atoms with Gasteiger partial charge in [0.15, 0.2) is 0 Å². The Labute approximate surface area is 225 Å². The van der Waals surface area contributed by atoms with Gasteiger partial charge in [0, 0.05) is 35.4 Å². The first-order chi connectivity index (χ1) is 18.8. The largest absolute Gasteiger partial charge is 0.416 e. The van der Waals surface area contributed by atoms with Crippen molar-refractivity contribution in [1.29, 1.82) is 0 Å². The molecule has 0 atom stereocenters. The monoisotopic (exact) mass is 533 g/mol. The fraction of sp³-hybridized carbons (Fsp3) is 0.323. The second kappa shape index (κ2) is 11.4. The summed E-state index contributed by atoms with van der Waals surface area (Å²) in [6.07, 6.45) is 3.17. The summed E-state index contributed by atoms with van der Waals surface area (Å²) in [6, 6.07) is 16.2. The predicted molar refractivity (Wildman–Crippen MR) is 145 cm³/mol. The minimum atomic E-state index is -4.40. The van der Waals surface area contributed by atoms with Crippen molar-refractivity contribution in [1.82, 2.24) is 4.98 Å². The van der Waals surface area contributed by atoms with Crippen LogP contribution in [-0.4, -0.2) is 23.3 Å². The number of pyridine rings is 1. The smallest absolute Gasteiger partial charge is 0.322 e. The van der Waals surface area contributed by atoms with Gasteiger partial charge in [-0.1, -0.05) is 31.0 Å². The zero-order chi connectivity index (χ0) is 27.4. The van der Waals surface area contributed by atoms with E-state index in [1.54, 1.807) is 17.2 Å². The molecule has 1 aromatic heterocycles. The molecule has 0 saturated heterocycles. The molecular weight excluding hydrogens is 503 g/mol. The summed E-state index contributed by atoms with van der Waals surface area (Å²) in [4.78, 5) is 32.4. The Hall–Kier alpha value is -3.94. The van der Waals surface area contributed by atoms with E-state index in [-0.39, 0.29) is 18.2 Å². The molecule has 2 heterocycles. The molecule has 0 saturated carbocycles. The van der Waals surface area contributed by atoms with Crippen molar-refractivity contribution in [3.8, 4) is 0 Å². The lowest BCUT2D eigenvalue weighted by atomic mass is 9.88. The van der Waals surface area contributed by atoms with E-state index in [4.69, 9.17) is 0 Å². The molecule has 0 unspecified atom stereocenters. The molecule has 8 heteroatoms. The van der Waals surface area contributed by atoms with Crippen LogP contribution in [0.1, 0.15) is 60.9 Å². The number of alkyl halides is 3. The average Bonchev–Trinajstić information content (AvgIpc) is 3.32. The molecule has 2 amide bonds. The number of benzene rings is 2. The lowest BCUT2D eigenvalue weighted by Crippen LogP contribution is -2.30. The van der Waals surface area contributed by atoms with Crippen LogP contribution >= 0.6 is 0 Å². The molecule has 0 radical (unpaired) electrons. The molecule has 0 bridgehead atoms. The Morgan fingerprint density at radius 2 is 1.67 bits per heavy atom. The second-order valence-electron chi connectivity index (χ2n) is 10.0. The Morgan fingerprint density at radius 1 is 0.897 bits per heavy atom. The maximum atomic E-state index is 13.5. The van der Waals surface area contributed by atoms with Crippen LogP contribution in [0.3, 0.4) is 0 Å². The average molecular weight is 534 g/mol. The van der Waals surface area contributed by atoms with E-state index in [2.05, 4.69) is 10.3 Å². The van der Waals surface area contributed by atoms with Gasteiger partial charge in [0.05, 0.1) is 12.0 Å². The van der Waals surface area contributed by atoms with Gasteiger partial charge in [-0.3, -0.25) is 14.6 Å². The fourth-order valence-electron chi connectivity index (χ4n) is 5.39. The molecule has 1 N–H and O–H groups in total. The summed E-state index contributed by atoms with van der Waals surface area (Å²) < 4.78 is 39.3. The third kappa shape index (κ3) is 6.21. The van der Waals surface area contributed by atoms with Gasteiger partial charge in [-0.2, -0.15) is 13.2 Å². The normalized spacial score (nSPS) is 17.8. The van der Waals surface area contributed by atoms with E-state index < -0.39 is 11.7 Å². The molecule has 1 aliphatic heterocycles. The van der Waals surface area contributed by atoms with Gasteiger partial charge in [0.2, 0.25) is 5.91 Å². The minimum absolute atomic E-state index is 0.0231. The van der Waals surface area contributed by atoms with Crippen LogP contribution in [0.4, 0.5) is 24.5 Å².